The lowest BCUT2D eigenvalue weighted by Crippen LogP contribution is -2.40. The van der Waals surface area contributed by atoms with Gasteiger partial charge in [0.2, 0.25) is 0 Å². The average molecular weight is 280 g/mol. The largest absolute Gasteiger partial charge is 0.463 e. The third kappa shape index (κ3) is 3.52. The molecule has 0 saturated carbocycles. The van der Waals surface area contributed by atoms with E-state index in [-0.39, 0.29) is 6.61 Å². The number of nitrogens with one attached hydrogen (secondary N) is 1. The Hall–Kier alpha value is -1.44. The predicted molar refractivity (Wildman–Crippen MR) is 60.1 cm³/mol. The van der Waals surface area contributed by atoms with E-state index in [0.29, 0.717) is 11.2 Å². The summed E-state index contributed by atoms with van der Waals surface area (Å²) in [4.78, 5) is 17.6. The molecule has 1 N–H and O–H groups in total. The minimum absolute atomic E-state index is 0.170. The Labute approximate surface area is 106 Å². The van der Waals surface area contributed by atoms with Crippen molar-refractivity contribution in [2.75, 3.05) is 6.61 Å². The average Bonchev–Trinajstić information content (AvgIpc) is 2.81. The first-order chi connectivity index (χ1) is 8.50. The van der Waals surface area contributed by atoms with Gasteiger partial charge in [0.15, 0.2) is 5.16 Å². The number of alkyl halides is 3. The van der Waals surface area contributed by atoms with Crippen LogP contribution in [0.5, 0.6) is 0 Å². The minimum atomic E-state index is -3.50. The summed E-state index contributed by atoms with van der Waals surface area (Å²) in [6, 6.07) is 0. The fourth-order valence-electron chi connectivity index (χ4n) is 0.984. The number of carbonyl (C=O) groups is 1. The summed E-state index contributed by atoms with van der Waals surface area (Å²) < 4.78 is 43.2. The molecule has 4 nitrogen and oxygen atoms in total. The van der Waals surface area contributed by atoms with E-state index in [1.165, 1.54) is 19.3 Å². The number of aromatic amines is 1. The predicted octanol–water partition coefficient (Wildman–Crippen LogP) is 2.55. The number of halogens is 3. The molecule has 0 fully saturated rings. The quantitative estimate of drug-likeness (QED) is 0.642. The molecule has 0 aromatic carbocycles. The Balaban J connectivity index is 2.73. The smallest absolute Gasteiger partial charge is 0.354 e. The van der Waals surface area contributed by atoms with E-state index in [1.807, 2.05) is 0 Å². The molecule has 100 valence electrons. The highest BCUT2D eigenvalue weighted by atomic mass is 32.2. The molecule has 0 bridgehead atoms. The lowest BCUT2D eigenvalue weighted by Gasteiger charge is -2.18. The molecule has 0 amide bonds. The highest BCUT2D eigenvalue weighted by Gasteiger charge is 2.47. The highest BCUT2D eigenvalue weighted by molar-refractivity contribution is 8.02. The summed E-state index contributed by atoms with van der Waals surface area (Å²) in [5.41, 5.74) is -3.43. The van der Waals surface area contributed by atoms with Crippen LogP contribution in [-0.4, -0.2) is 34.6 Å². The van der Waals surface area contributed by atoms with Gasteiger partial charge >= 0.3 is 5.97 Å². The second kappa shape index (κ2) is 6.48. The molecule has 8 heteroatoms. The van der Waals surface area contributed by atoms with Crippen molar-refractivity contribution >= 4 is 17.7 Å². The molecule has 1 aromatic rings. The van der Waals surface area contributed by atoms with Gasteiger partial charge in [-0.2, -0.15) is 0 Å². The summed E-state index contributed by atoms with van der Waals surface area (Å²) in [7, 11) is 0. The Morgan fingerprint density at radius 3 is 2.94 bits per heavy atom. The van der Waals surface area contributed by atoms with E-state index >= 15 is 0 Å². The van der Waals surface area contributed by atoms with E-state index in [9.17, 15) is 18.0 Å². The summed E-state index contributed by atoms with van der Waals surface area (Å²) >= 11 is 0.879. The van der Waals surface area contributed by atoms with Crippen LogP contribution >= 0.6 is 11.8 Å². The zero-order valence-electron chi connectivity index (χ0n) is 9.40. The van der Waals surface area contributed by atoms with Gasteiger partial charge in [0, 0.05) is 12.4 Å². The molecule has 1 heterocycles. The summed E-state index contributed by atoms with van der Waals surface area (Å²) in [5.74, 6) is -1.60. The van der Waals surface area contributed by atoms with Crippen LogP contribution in [0.1, 0.15) is 6.92 Å². The van der Waals surface area contributed by atoms with Crippen molar-refractivity contribution in [3.8, 4) is 0 Å². The first kappa shape index (κ1) is 14.6. The first-order valence-corrected chi connectivity index (χ1v) is 5.86. The number of esters is 1. The number of ether oxygens (including phenoxy) is 1. The van der Waals surface area contributed by atoms with Crippen molar-refractivity contribution < 1.29 is 22.7 Å². The van der Waals surface area contributed by atoms with E-state index in [0.717, 1.165) is 17.2 Å². The molecule has 18 heavy (non-hydrogen) atoms. The van der Waals surface area contributed by atoms with Gasteiger partial charge in [-0.3, -0.25) is 0 Å². The molecular weight excluding hydrogens is 269 g/mol. The fraction of sp³-hybridized carbons (Fsp3) is 0.400. The SMILES string of the molecule is CCOC(=O)C(F)(/C=C/Sc1ncc[nH]1)C(F)F. The zero-order valence-corrected chi connectivity index (χ0v) is 10.2. The van der Waals surface area contributed by atoms with Crippen molar-refractivity contribution in [1.82, 2.24) is 9.97 Å². The van der Waals surface area contributed by atoms with Gasteiger partial charge in [0.25, 0.3) is 12.1 Å². The molecule has 1 aromatic heterocycles. The van der Waals surface area contributed by atoms with Gasteiger partial charge in [-0.05, 0) is 18.4 Å². The number of nitrogens with zero attached hydrogens (tertiary/aromatic N) is 1. The molecular formula is C10H11F3N2O2S. The molecule has 0 radical (unpaired) electrons. The minimum Gasteiger partial charge on any atom is -0.463 e. The van der Waals surface area contributed by atoms with E-state index in [1.54, 1.807) is 0 Å². The van der Waals surface area contributed by atoms with Crippen molar-refractivity contribution in [2.24, 2.45) is 0 Å². The summed E-state index contributed by atoms with van der Waals surface area (Å²) in [5, 5.41) is 1.42. The molecule has 1 atom stereocenters. The molecule has 1 rings (SSSR count). The summed E-state index contributed by atoms with van der Waals surface area (Å²) in [6.07, 6.45) is -0.0395. The van der Waals surface area contributed by atoms with Gasteiger partial charge in [0.05, 0.1) is 6.61 Å². The maximum absolute atomic E-state index is 13.8. The van der Waals surface area contributed by atoms with Crippen LogP contribution in [0.2, 0.25) is 0 Å². The summed E-state index contributed by atoms with van der Waals surface area (Å²) in [6.45, 7) is 1.24. The number of imidazole rings is 1. The molecule has 0 aliphatic carbocycles. The number of thioether (sulfide) groups is 1. The second-order valence-electron chi connectivity index (χ2n) is 3.10. The maximum atomic E-state index is 13.8. The van der Waals surface area contributed by atoms with Crippen LogP contribution in [0.15, 0.2) is 29.0 Å². The standard InChI is InChI=1S/C10H11F3N2O2S/c1-2-17-8(16)10(13,7(11)12)3-6-18-9-14-4-5-15-9/h3-7H,2H2,1H3,(H,14,15)/b6-3+. The monoisotopic (exact) mass is 280 g/mol. The molecule has 0 aliphatic rings. The number of rotatable bonds is 6. The number of H-pyrrole nitrogens is 1. The van der Waals surface area contributed by atoms with Gasteiger partial charge in [-0.1, -0.05) is 11.8 Å². The van der Waals surface area contributed by atoms with Crippen LogP contribution in [0.3, 0.4) is 0 Å². The lowest BCUT2D eigenvalue weighted by atomic mass is 10.1. The first-order valence-electron chi connectivity index (χ1n) is 4.98. The third-order valence-corrected chi connectivity index (χ3v) is 2.59. The number of aromatic nitrogens is 2. The Bertz CT molecular complexity index is 411. The van der Waals surface area contributed by atoms with Crippen molar-refractivity contribution in [3.05, 3.63) is 23.9 Å². The number of hydrogen-bond acceptors (Lipinski definition) is 4. The Kier molecular flexibility index (Phi) is 5.26. The van der Waals surface area contributed by atoms with E-state index in [2.05, 4.69) is 14.7 Å². The molecule has 1 unspecified atom stereocenters. The number of hydrogen-bond donors (Lipinski definition) is 1. The van der Waals surface area contributed by atoms with Crippen LogP contribution in [0, 0.1) is 0 Å². The van der Waals surface area contributed by atoms with Crippen LogP contribution in [-0.2, 0) is 9.53 Å². The van der Waals surface area contributed by atoms with Gasteiger partial charge in [-0.25, -0.2) is 22.9 Å². The molecule has 0 spiro atoms. The number of carbonyl (C=O) groups excluding carboxylic acids is 1. The van der Waals surface area contributed by atoms with Gasteiger partial charge < -0.3 is 9.72 Å². The Morgan fingerprint density at radius 1 is 1.72 bits per heavy atom. The fourth-order valence-corrected chi connectivity index (χ4v) is 1.64. The molecule has 0 saturated heterocycles. The van der Waals surface area contributed by atoms with E-state index in [4.69, 9.17) is 0 Å². The van der Waals surface area contributed by atoms with Crippen LogP contribution in [0.4, 0.5) is 13.2 Å². The van der Waals surface area contributed by atoms with Crippen LogP contribution in [0.25, 0.3) is 0 Å². The zero-order chi connectivity index (χ0) is 13.6. The second-order valence-corrected chi connectivity index (χ2v) is 4.00. The molecule has 0 aliphatic heterocycles. The highest BCUT2D eigenvalue weighted by Crippen LogP contribution is 2.27. The topological polar surface area (TPSA) is 55.0 Å². The lowest BCUT2D eigenvalue weighted by molar-refractivity contribution is -0.163. The van der Waals surface area contributed by atoms with Crippen molar-refractivity contribution in [3.63, 3.8) is 0 Å². The normalized spacial score (nSPS) is 14.9. The Morgan fingerprint density at radius 2 is 2.44 bits per heavy atom. The maximum Gasteiger partial charge on any atom is 0.354 e. The van der Waals surface area contributed by atoms with E-state index < -0.39 is 18.1 Å². The van der Waals surface area contributed by atoms with Crippen molar-refractivity contribution in [1.29, 1.82) is 0 Å². The van der Waals surface area contributed by atoms with Gasteiger partial charge in [-0.15, -0.1) is 0 Å². The van der Waals surface area contributed by atoms with Crippen molar-refractivity contribution in [2.45, 2.75) is 24.2 Å². The van der Waals surface area contributed by atoms with Crippen LogP contribution < -0.4 is 0 Å². The third-order valence-electron chi connectivity index (χ3n) is 1.87. The van der Waals surface area contributed by atoms with Gasteiger partial charge in [0.1, 0.15) is 0 Å².